The van der Waals surface area contributed by atoms with Gasteiger partial charge < -0.3 is 10.6 Å². The molecule has 6 nitrogen and oxygen atoms in total. The van der Waals surface area contributed by atoms with Crippen LogP contribution in [-0.4, -0.2) is 38.6 Å². The molecule has 0 aliphatic carbocycles. The average Bonchev–Trinajstić information content (AvgIpc) is 3.23. The Bertz CT molecular complexity index is 1350. The van der Waals surface area contributed by atoms with Crippen molar-refractivity contribution in [1.82, 2.24) is 19.3 Å². The van der Waals surface area contributed by atoms with Gasteiger partial charge in [0.2, 0.25) is 0 Å². The summed E-state index contributed by atoms with van der Waals surface area (Å²) in [5, 5.41) is 0. The Morgan fingerprint density at radius 1 is 1.12 bits per heavy atom. The molecule has 0 radical (unpaired) electrons. The molecule has 4 rings (SSSR count). The lowest BCUT2D eigenvalue weighted by atomic mass is 10.0. The van der Waals surface area contributed by atoms with Crippen molar-refractivity contribution in [3.05, 3.63) is 71.4 Å². The minimum absolute atomic E-state index is 0.0793. The SMILES string of the molecule is CN(C(=O)c1cc2c(cc1F)nc(N)c1cncn12)[C@@H](c1ccc(C(F)(F)F)cc1)C(F)F. The molecule has 4 aromatic rings. The van der Waals surface area contributed by atoms with Crippen LogP contribution in [0.25, 0.3) is 16.6 Å². The summed E-state index contributed by atoms with van der Waals surface area (Å²) in [6.45, 7) is 0. The van der Waals surface area contributed by atoms with Gasteiger partial charge in [-0.15, -0.1) is 0 Å². The van der Waals surface area contributed by atoms with Gasteiger partial charge in [-0.05, 0) is 23.8 Å². The highest BCUT2D eigenvalue weighted by atomic mass is 19.4. The van der Waals surface area contributed by atoms with Crippen molar-refractivity contribution >= 4 is 28.3 Å². The lowest BCUT2D eigenvalue weighted by molar-refractivity contribution is -0.137. The van der Waals surface area contributed by atoms with Crippen LogP contribution in [0.4, 0.5) is 32.2 Å². The van der Waals surface area contributed by atoms with Crippen molar-refractivity contribution in [3.63, 3.8) is 0 Å². The van der Waals surface area contributed by atoms with Crippen LogP contribution in [0.15, 0.2) is 48.9 Å². The minimum atomic E-state index is -4.65. The summed E-state index contributed by atoms with van der Waals surface area (Å²) in [5.41, 5.74) is 4.81. The molecule has 1 amide bonds. The van der Waals surface area contributed by atoms with Crippen LogP contribution in [0, 0.1) is 5.82 Å². The second-order valence-electron chi connectivity index (χ2n) is 7.28. The maximum absolute atomic E-state index is 14.8. The maximum atomic E-state index is 14.8. The summed E-state index contributed by atoms with van der Waals surface area (Å²) >= 11 is 0. The van der Waals surface area contributed by atoms with Crippen LogP contribution in [0.3, 0.4) is 0 Å². The lowest BCUT2D eigenvalue weighted by Crippen LogP contribution is -2.35. The van der Waals surface area contributed by atoms with Gasteiger partial charge in [0, 0.05) is 13.1 Å². The van der Waals surface area contributed by atoms with Crippen molar-refractivity contribution in [2.45, 2.75) is 18.6 Å². The molecule has 33 heavy (non-hydrogen) atoms. The van der Waals surface area contributed by atoms with E-state index in [1.54, 1.807) is 0 Å². The topological polar surface area (TPSA) is 76.5 Å². The highest BCUT2D eigenvalue weighted by Crippen LogP contribution is 2.33. The van der Waals surface area contributed by atoms with E-state index >= 15 is 0 Å². The Morgan fingerprint density at radius 3 is 2.39 bits per heavy atom. The zero-order chi connectivity index (χ0) is 24.1. The number of fused-ring (bicyclic) bond motifs is 3. The molecule has 12 heteroatoms. The maximum Gasteiger partial charge on any atom is 0.416 e. The number of imidazole rings is 1. The number of halogens is 6. The van der Waals surface area contributed by atoms with E-state index in [2.05, 4.69) is 9.97 Å². The normalized spacial score (nSPS) is 13.1. The molecule has 2 aromatic heterocycles. The van der Waals surface area contributed by atoms with E-state index < -0.39 is 41.5 Å². The van der Waals surface area contributed by atoms with Gasteiger partial charge in [0.1, 0.15) is 23.2 Å². The molecular weight excluding hydrogens is 452 g/mol. The predicted octanol–water partition coefficient (Wildman–Crippen LogP) is 4.70. The first-order valence-electron chi connectivity index (χ1n) is 9.42. The van der Waals surface area contributed by atoms with E-state index in [1.807, 2.05) is 0 Å². The van der Waals surface area contributed by atoms with Gasteiger partial charge in [-0.1, -0.05) is 12.1 Å². The molecule has 2 N–H and O–H groups in total. The number of nitrogen functional groups attached to an aromatic ring is 1. The van der Waals surface area contributed by atoms with Gasteiger partial charge in [-0.3, -0.25) is 9.20 Å². The van der Waals surface area contributed by atoms with Crippen LogP contribution in [0.1, 0.15) is 27.5 Å². The standard InChI is InChI=1S/C21H15F6N5O/c1-31(17(18(23)24)10-2-4-11(5-3-10)21(25,26)27)20(33)12-6-15-14(7-13(12)22)30-19(28)16-8-29-9-32(15)16/h2-9,17-18H,1H3,(H2,28,30)/t17-/m0/s1. The molecule has 0 aliphatic heterocycles. The second kappa shape index (κ2) is 7.94. The van der Waals surface area contributed by atoms with Gasteiger partial charge in [0.05, 0.1) is 34.7 Å². The van der Waals surface area contributed by atoms with E-state index in [9.17, 15) is 31.1 Å². The summed E-state index contributed by atoms with van der Waals surface area (Å²) in [6.07, 6.45) is -5.02. The van der Waals surface area contributed by atoms with Crippen LogP contribution in [0.5, 0.6) is 0 Å². The van der Waals surface area contributed by atoms with Gasteiger partial charge in [-0.2, -0.15) is 13.2 Å². The Balaban J connectivity index is 1.75. The van der Waals surface area contributed by atoms with E-state index in [0.717, 1.165) is 31.3 Å². The Labute approximate surface area is 182 Å². The van der Waals surface area contributed by atoms with Crippen molar-refractivity contribution in [3.8, 4) is 0 Å². The second-order valence-corrected chi connectivity index (χ2v) is 7.28. The number of anilines is 1. The smallest absolute Gasteiger partial charge is 0.382 e. The molecule has 0 bridgehead atoms. The fourth-order valence-electron chi connectivity index (χ4n) is 3.58. The fraction of sp³-hybridized carbons (Fsp3) is 0.190. The van der Waals surface area contributed by atoms with Gasteiger partial charge in [0.25, 0.3) is 12.3 Å². The first kappa shape index (κ1) is 22.4. The average molecular weight is 467 g/mol. The fourth-order valence-corrected chi connectivity index (χ4v) is 3.58. The number of alkyl halides is 5. The Hall–Kier alpha value is -3.83. The number of rotatable bonds is 4. The number of benzene rings is 2. The van der Waals surface area contributed by atoms with Gasteiger partial charge in [0.15, 0.2) is 0 Å². The van der Waals surface area contributed by atoms with Crippen molar-refractivity contribution in [1.29, 1.82) is 0 Å². The van der Waals surface area contributed by atoms with Crippen LogP contribution in [0.2, 0.25) is 0 Å². The van der Waals surface area contributed by atoms with Crippen LogP contribution >= 0.6 is 0 Å². The van der Waals surface area contributed by atoms with E-state index in [0.29, 0.717) is 22.5 Å². The number of carbonyl (C=O) groups is 1. The number of carbonyl (C=O) groups excluding carboxylic acids is 1. The monoisotopic (exact) mass is 467 g/mol. The quantitative estimate of drug-likeness (QED) is 0.442. The zero-order valence-electron chi connectivity index (χ0n) is 16.8. The Kier molecular flexibility index (Phi) is 5.38. The molecule has 0 saturated carbocycles. The van der Waals surface area contributed by atoms with Gasteiger partial charge in [-0.25, -0.2) is 23.1 Å². The Morgan fingerprint density at radius 2 is 1.79 bits per heavy atom. The number of hydrogen-bond acceptors (Lipinski definition) is 4. The highest BCUT2D eigenvalue weighted by Gasteiger charge is 2.34. The third kappa shape index (κ3) is 3.92. The molecule has 2 aromatic carbocycles. The molecule has 0 spiro atoms. The number of nitrogens with two attached hydrogens (primary N) is 1. The first-order chi connectivity index (χ1) is 15.5. The minimum Gasteiger partial charge on any atom is -0.382 e. The molecule has 2 heterocycles. The molecule has 1 atom stereocenters. The number of amides is 1. The van der Waals surface area contributed by atoms with Crippen LogP contribution < -0.4 is 5.73 Å². The van der Waals surface area contributed by atoms with E-state index in [-0.39, 0.29) is 22.4 Å². The molecule has 0 saturated heterocycles. The largest absolute Gasteiger partial charge is 0.416 e. The van der Waals surface area contributed by atoms with Gasteiger partial charge >= 0.3 is 6.18 Å². The summed E-state index contributed by atoms with van der Waals surface area (Å²) in [5.74, 6) is -2.04. The van der Waals surface area contributed by atoms with Crippen molar-refractivity contribution < 1.29 is 31.1 Å². The summed E-state index contributed by atoms with van der Waals surface area (Å²) < 4.78 is 82.4. The summed E-state index contributed by atoms with van der Waals surface area (Å²) in [4.78, 5) is 21.6. The zero-order valence-corrected chi connectivity index (χ0v) is 16.8. The summed E-state index contributed by atoms with van der Waals surface area (Å²) in [7, 11) is 1.02. The van der Waals surface area contributed by atoms with E-state index in [1.165, 1.54) is 16.9 Å². The summed E-state index contributed by atoms with van der Waals surface area (Å²) in [6, 6.07) is 3.19. The number of aromatic nitrogens is 3. The number of nitrogens with zero attached hydrogens (tertiary/aromatic N) is 4. The third-order valence-electron chi connectivity index (χ3n) is 5.25. The molecular formula is C21H15F6N5O. The predicted molar refractivity (Wildman–Crippen MR) is 107 cm³/mol. The number of hydrogen-bond donors (Lipinski definition) is 1. The first-order valence-corrected chi connectivity index (χ1v) is 9.42. The third-order valence-corrected chi connectivity index (χ3v) is 5.25. The lowest BCUT2D eigenvalue weighted by Gasteiger charge is -2.28. The highest BCUT2D eigenvalue weighted by molar-refractivity contribution is 5.98. The molecule has 172 valence electrons. The molecule has 0 fully saturated rings. The van der Waals surface area contributed by atoms with E-state index in [4.69, 9.17) is 5.73 Å². The molecule has 0 unspecified atom stereocenters. The van der Waals surface area contributed by atoms with Crippen molar-refractivity contribution in [2.75, 3.05) is 12.8 Å². The van der Waals surface area contributed by atoms with Crippen LogP contribution in [-0.2, 0) is 6.18 Å². The molecule has 0 aliphatic rings. The van der Waals surface area contributed by atoms with Crippen molar-refractivity contribution in [2.24, 2.45) is 0 Å².